The summed E-state index contributed by atoms with van der Waals surface area (Å²) >= 11 is 0. The molecular weight excluding hydrogens is 270 g/mol. The molecule has 0 aliphatic heterocycles. The number of ether oxygens (including phenoxy) is 1. The van der Waals surface area contributed by atoms with Crippen LogP contribution in [0.25, 0.3) is 0 Å². The smallest absolute Gasteiger partial charge is 0.273 e. The first-order valence-corrected chi connectivity index (χ1v) is 5.75. The van der Waals surface area contributed by atoms with E-state index in [2.05, 4.69) is 10.2 Å². The van der Waals surface area contributed by atoms with Crippen LogP contribution >= 0.6 is 12.4 Å². The number of nitrogens with one attached hydrogen (secondary N) is 1. The molecule has 0 atom stereocenters. The average Bonchev–Trinajstić information content (AvgIpc) is 2.34. The van der Waals surface area contributed by atoms with Crippen molar-refractivity contribution < 1.29 is 9.66 Å². The summed E-state index contributed by atoms with van der Waals surface area (Å²) in [6.07, 6.45) is 0.993. The molecule has 1 aromatic rings. The van der Waals surface area contributed by atoms with Crippen LogP contribution in [-0.2, 0) is 0 Å². The van der Waals surface area contributed by atoms with E-state index in [-0.39, 0.29) is 18.1 Å². The summed E-state index contributed by atoms with van der Waals surface area (Å²) < 4.78 is 5.14. The highest BCUT2D eigenvalue weighted by Gasteiger charge is 2.10. The fourth-order valence-corrected chi connectivity index (χ4v) is 1.56. The molecule has 0 saturated heterocycles. The van der Waals surface area contributed by atoms with Crippen LogP contribution in [0.5, 0.6) is 5.75 Å². The number of anilines is 1. The molecule has 0 aliphatic carbocycles. The van der Waals surface area contributed by atoms with Gasteiger partial charge in [0.25, 0.3) is 5.69 Å². The Hall–Kier alpha value is -1.53. The number of nitro benzene ring substituents is 1. The van der Waals surface area contributed by atoms with E-state index >= 15 is 0 Å². The molecule has 0 saturated carbocycles. The van der Waals surface area contributed by atoms with Gasteiger partial charge in [0.2, 0.25) is 0 Å². The van der Waals surface area contributed by atoms with Crippen LogP contribution < -0.4 is 10.1 Å². The number of rotatable bonds is 7. The molecule has 108 valence electrons. The summed E-state index contributed by atoms with van der Waals surface area (Å²) in [6, 6.07) is 4.57. The fraction of sp³-hybridized carbons (Fsp3) is 0.500. The maximum absolute atomic E-state index is 10.6. The molecule has 0 fully saturated rings. The second kappa shape index (κ2) is 8.55. The van der Waals surface area contributed by atoms with Gasteiger partial charge in [-0.2, -0.15) is 0 Å². The Kier molecular flexibility index (Phi) is 7.86. The fourth-order valence-electron chi connectivity index (χ4n) is 1.56. The van der Waals surface area contributed by atoms with Crippen LogP contribution in [0.3, 0.4) is 0 Å². The Bertz CT molecular complexity index is 413. The van der Waals surface area contributed by atoms with Crippen molar-refractivity contribution in [3.63, 3.8) is 0 Å². The molecule has 0 spiro atoms. The number of nitrogens with zero attached hydrogens (tertiary/aromatic N) is 2. The van der Waals surface area contributed by atoms with Crippen molar-refractivity contribution >= 4 is 23.8 Å². The normalized spacial score (nSPS) is 9.89. The van der Waals surface area contributed by atoms with E-state index < -0.39 is 4.92 Å². The topological polar surface area (TPSA) is 67.6 Å². The van der Waals surface area contributed by atoms with Crippen LogP contribution in [0.1, 0.15) is 6.42 Å². The molecule has 1 N–H and O–H groups in total. The lowest BCUT2D eigenvalue weighted by Crippen LogP contribution is -2.16. The molecule has 1 rings (SSSR count). The summed E-state index contributed by atoms with van der Waals surface area (Å²) in [5.74, 6) is 0.494. The van der Waals surface area contributed by atoms with Gasteiger partial charge in [0.05, 0.1) is 23.8 Å². The summed E-state index contributed by atoms with van der Waals surface area (Å²) in [5, 5.41) is 13.9. The quantitative estimate of drug-likeness (QED) is 0.474. The number of halogens is 1. The summed E-state index contributed by atoms with van der Waals surface area (Å²) in [7, 11) is 5.54. The van der Waals surface area contributed by atoms with Gasteiger partial charge in [-0.15, -0.1) is 12.4 Å². The van der Waals surface area contributed by atoms with Crippen molar-refractivity contribution in [2.75, 3.05) is 39.6 Å². The molecule has 19 heavy (non-hydrogen) atoms. The minimum atomic E-state index is -0.432. The zero-order chi connectivity index (χ0) is 13.5. The van der Waals surface area contributed by atoms with Gasteiger partial charge in [0.15, 0.2) is 0 Å². The van der Waals surface area contributed by atoms with E-state index in [0.717, 1.165) is 25.2 Å². The Morgan fingerprint density at radius 2 is 2.11 bits per heavy atom. The van der Waals surface area contributed by atoms with Crippen LogP contribution in [0, 0.1) is 10.1 Å². The van der Waals surface area contributed by atoms with Gasteiger partial charge in [-0.3, -0.25) is 10.1 Å². The van der Waals surface area contributed by atoms with Gasteiger partial charge < -0.3 is 15.0 Å². The van der Waals surface area contributed by atoms with Gasteiger partial charge in [0.1, 0.15) is 5.75 Å². The third-order valence-corrected chi connectivity index (χ3v) is 2.49. The summed E-state index contributed by atoms with van der Waals surface area (Å²) in [5.41, 5.74) is 0.813. The van der Waals surface area contributed by atoms with Crippen molar-refractivity contribution in [1.82, 2.24) is 4.90 Å². The largest absolute Gasteiger partial charge is 0.494 e. The summed E-state index contributed by atoms with van der Waals surface area (Å²) in [6.45, 7) is 1.79. The Labute approximate surface area is 119 Å². The molecule has 7 heteroatoms. The molecular formula is C12H20ClN3O3. The lowest BCUT2D eigenvalue weighted by Gasteiger charge is -2.12. The lowest BCUT2D eigenvalue weighted by atomic mass is 10.2. The predicted octanol–water partition coefficient (Wildman–Crippen LogP) is 2.39. The number of methoxy groups -OCH3 is 1. The van der Waals surface area contributed by atoms with Crippen molar-refractivity contribution in [3.8, 4) is 5.75 Å². The maximum Gasteiger partial charge on any atom is 0.273 e. The molecule has 0 aromatic heterocycles. The van der Waals surface area contributed by atoms with Crippen LogP contribution in [0.4, 0.5) is 11.4 Å². The highest BCUT2D eigenvalue weighted by Crippen LogP contribution is 2.28. The first-order chi connectivity index (χ1) is 8.54. The number of hydrogen-bond acceptors (Lipinski definition) is 5. The van der Waals surface area contributed by atoms with Gasteiger partial charge in [-0.05, 0) is 33.1 Å². The van der Waals surface area contributed by atoms with Gasteiger partial charge >= 0.3 is 0 Å². The van der Waals surface area contributed by atoms with E-state index in [4.69, 9.17) is 4.74 Å². The lowest BCUT2D eigenvalue weighted by molar-refractivity contribution is -0.384. The molecule has 0 bridgehead atoms. The molecule has 1 aromatic carbocycles. The first-order valence-electron chi connectivity index (χ1n) is 5.75. The van der Waals surface area contributed by atoms with Gasteiger partial charge in [-0.1, -0.05) is 0 Å². The van der Waals surface area contributed by atoms with Crippen molar-refractivity contribution in [3.05, 3.63) is 28.3 Å². The second-order valence-electron chi connectivity index (χ2n) is 4.23. The van der Waals surface area contributed by atoms with E-state index in [9.17, 15) is 10.1 Å². The van der Waals surface area contributed by atoms with Crippen molar-refractivity contribution in [2.24, 2.45) is 0 Å². The van der Waals surface area contributed by atoms with Crippen LogP contribution in [0.2, 0.25) is 0 Å². The van der Waals surface area contributed by atoms with E-state index in [0.29, 0.717) is 5.75 Å². The molecule has 0 unspecified atom stereocenters. The van der Waals surface area contributed by atoms with E-state index in [1.807, 2.05) is 14.1 Å². The average molecular weight is 290 g/mol. The van der Waals surface area contributed by atoms with Gasteiger partial charge in [0, 0.05) is 12.6 Å². The standard InChI is InChI=1S/C12H19N3O3.ClH/c1-14(2)8-4-7-13-11-6-5-10(15(16)17)9-12(11)18-3;/h5-6,9,13H,4,7-8H2,1-3H3;1H. The monoisotopic (exact) mass is 289 g/mol. The maximum atomic E-state index is 10.6. The second-order valence-corrected chi connectivity index (χ2v) is 4.23. The zero-order valence-electron chi connectivity index (χ0n) is 11.4. The first kappa shape index (κ1) is 17.5. The van der Waals surface area contributed by atoms with Gasteiger partial charge in [-0.25, -0.2) is 0 Å². The predicted molar refractivity (Wildman–Crippen MR) is 78.6 cm³/mol. The highest BCUT2D eigenvalue weighted by atomic mass is 35.5. The third-order valence-electron chi connectivity index (χ3n) is 2.49. The number of non-ortho nitro benzene ring substituents is 1. The molecule has 0 radical (unpaired) electrons. The van der Waals surface area contributed by atoms with E-state index in [1.165, 1.54) is 19.2 Å². The molecule has 6 nitrogen and oxygen atoms in total. The molecule has 0 amide bonds. The van der Waals surface area contributed by atoms with Crippen molar-refractivity contribution in [1.29, 1.82) is 0 Å². The number of nitro groups is 1. The van der Waals surface area contributed by atoms with Crippen LogP contribution in [-0.4, -0.2) is 44.1 Å². The third kappa shape index (κ3) is 5.76. The van der Waals surface area contributed by atoms with Crippen molar-refractivity contribution in [2.45, 2.75) is 6.42 Å². The highest BCUT2D eigenvalue weighted by molar-refractivity contribution is 5.85. The molecule has 0 aliphatic rings. The number of hydrogen-bond donors (Lipinski definition) is 1. The Balaban J connectivity index is 0.00000324. The minimum absolute atomic E-state index is 0. The number of benzene rings is 1. The Morgan fingerprint density at radius 3 is 2.63 bits per heavy atom. The zero-order valence-corrected chi connectivity index (χ0v) is 12.2. The SMILES string of the molecule is COc1cc([N+](=O)[O-])ccc1NCCCN(C)C.Cl. The van der Waals surface area contributed by atoms with Crippen LogP contribution in [0.15, 0.2) is 18.2 Å². The minimum Gasteiger partial charge on any atom is -0.494 e. The molecule has 0 heterocycles. The Morgan fingerprint density at radius 1 is 1.42 bits per heavy atom. The summed E-state index contributed by atoms with van der Waals surface area (Å²) in [4.78, 5) is 12.3. The van der Waals surface area contributed by atoms with E-state index in [1.54, 1.807) is 6.07 Å².